The zero-order valence-corrected chi connectivity index (χ0v) is 48.5. The minimum atomic E-state index is -5.64. The molecule has 0 spiro atoms. The minimum absolute atomic E-state index is 0.0489. The van der Waals surface area contributed by atoms with E-state index >= 15 is 0 Å². The number of rotatable bonds is 44. The molecule has 12 N–H and O–H groups in total. The van der Waals surface area contributed by atoms with Crippen LogP contribution in [0.15, 0.2) is 12.2 Å². The van der Waals surface area contributed by atoms with Crippen LogP contribution >= 0.6 is 7.82 Å². The number of carbonyl (C=O) groups is 2. The van der Waals surface area contributed by atoms with Gasteiger partial charge >= 0.3 is 19.8 Å². The zero-order valence-electron chi connectivity index (χ0n) is 47.6. The number of aliphatic hydroxyl groups excluding tert-OH is 11. The van der Waals surface area contributed by atoms with Crippen molar-refractivity contribution in [3.63, 3.8) is 0 Å². The van der Waals surface area contributed by atoms with Crippen molar-refractivity contribution in [2.45, 2.75) is 304 Å². The Morgan fingerprint density at radius 2 is 0.825 bits per heavy atom. The van der Waals surface area contributed by atoms with Crippen molar-refractivity contribution >= 4 is 19.8 Å². The highest BCUT2D eigenvalue weighted by Gasteiger charge is 2.58. The molecular formula is C56H103O23P. The van der Waals surface area contributed by atoms with Crippen LogP contribution in [0, 0.1) is 0 Å². The van der Waals surface area contributed by atoms with Gasteiger partial charge in [-0.2, -0.15) is 0 Å². The number of phosphoric ester groups is 1. The summed E-state index contributed by atoms with van der Waals surface area (Å²) in [7, 11) is -5.64. The summed E-state index contributed by atoms with van der Waals surface area (Å²) in [5, 5.41) is 117. The van der Waals surface area contributed by atoms with Crippen LogP contribution in [0.3, 0.4) is 0 Å². The molecule has 470 valence electrons. The molecule has 16 atom stereocenters. The first-order valence-corrected chi connectivity index (χ1v) is 31.5. The van der Waals surface area contributed by atoms with Crippen LogP contribution in [0.4, 0.5) is 0 Å². The SMILES string of the molecule is CCCCCCCCC/C=C\CCCCCC(=O)OC(COC(=O)CCCCCCCCCCCCCCCCC)COP(=O)(O)OC1C(OC2OC(CO)C(O)C(O)C2O)C(O)C(O)C(O)C1OC1OC(CO)C(O)C(O)C1O. The van der Waals surface area contributed by atoms with Crippen LogP contribution < -0.4 is 0 Å². The molecule has 0 aromatic heterocycles. The predicted octanol–water partition coefficient (Wildman–Crippen LogP) is 4.32. The molecule has 0 aromatic rings. The van der Waals surface area contributed by atoms with E-state index in [1.807, 2.05) is 0 Å². The first-order chi connectivity index (χ1) is 38.4. The molecule has 24 heteroatoms. The number of phosphoric acid groups is 1. The first kappa shape index (κ1) is 72.4. The molecule has 23 nitrogen and oxygen atoms in total. The summed E-state index contributed by atoms with van der Waals surface area (Å²) < 4.78 is 58.1. The molecule has 0 bridgehead atoms. The Hall–Kier alpha value is -1.81. The third kappa shape index (κ3) is 26.6. The molecule has 2 aliphatic heterocycles. The number of hydrogen-bond donors (Lipinski definition) is 12. The highest BCUT2D eigenvalue weighted by atomic mass is 31.2. The molecule has 3 rings (SSSR count). The van der Waals surface area contributed by atoms with Crippen LogP contribution in [-0.4, -0.2) is 204 Å². The average molecular weight is 1180 g/mol. The van der Waals surface area contributed by atoms with Crippen molar-refractivity contribution in [3.8, 4) is 0 Å². The monoisotopic (exact) mass is 1170 g/mol. The van der Waals surface area contributed by atoms with Crippen molar-refractivity contribution < 1.29 is 113 Å². The van der Waals surface area contributed by atoms with Crippen LogP contribution in [0.1, 0.15) is 200 Å². The fourth-order valence-electron chi connectivity index (χ4n) is 10.1. The van der Waals surface area contributed by atoms with E-state index in [2.05, 4.69) is 26.0 Å². The third-order valence-electron chi connectivity index (χ3n) is 15.1. The van der Waals surface area contributed by atoms with Crippen molar-refractivity contribution in [2.24, 2.45) is 0 Å². The van der Waals surface area contributed by atoms with E-state index in [1.165, 1.54) is 103 Å². The molecule has 1 aliphatic carbocycles. The fraction of sp³-hybridized carbons (Fsp3) is 0.929. The molecule has 3 fully saturated rings. The van der Waals surface area contributed by atoms with Gasteiger partial charge in [0.2, 0.25) is 0 Å². The summed E-state index contributed by atoms with van der Waals surface area (Å²) in [6, 6.07) is 0. The Bertz CT molecular complexity index is 1640. The van der Waals surface area contributed by atoms with Gasteiger partial charge in [-0.15, -0.1) is 0 Å². The van der Waals surface area contributed by atoms with E-state index in [0.29, 0.717) is 19.3 Å². The van der Waals surface area contributed by atoms with Gasteiger partial charge in [-0.1, -0.05) is 161 Å². The van der Waals surface area contributed by atoms with E-state index < -0.39 is 150 Å². The second kappa shape index (κ2) is 41.3. The molecule has 0 aromatic carbocycles. The minimum Gasteiger partial charge on any atom is -0.462 e. The standard InChI is InChI=1S/C56H103O23P/c1-3-5-7-9-11-13-15-17-19-21-22-24-26-28-30-32-41(59)72-36-38(74-42(60)33-31-29-27-25-23-20-18-16-14-12-10-8-6-4-2)37-73-80(70,71)79-54-52(77-55-50(68)45(63)43(61)39(34-57)75-55)48(66)47(65)49(67)53(54)78-56-51(69)46(64)44(62)40(35-58)76-56/h20,23,38-40,43-58,61-69H,3-19,21-22,24-37H2,1-2H3,(H,70,71)/b23-20-. The van der Waals surface area contributed by atoms with Crippen molar-refractivity contribution in [3.05, 3.63) is 12.2 Å². The predicted molar refractivity (Wildman–Crippen MR) is 291 cm³/mol. The molecule has 1 saturated carbocycles. The van der Waals surface area contributed by atoms with E-state index in [1.54, 1.807) is 0 Å². The van der Waals surface area contributed by atoms with Gasteiger partial charge in [-0.3, -0.25) is 18.6 Å². The summed E-state index contributed by atoms with van der Waals surface area (Å²) in [5.74, 6) is -1.34. The van der Waals surface area contributed by atoms with Gasteiger partial charge < -0.3 is 89.5 Å². The fourth-order valence-corrected chi connectivity index (χ4v) is 11.0. The quantitative estimate of drug-likeness (QED) is 0.0175. The van der Waals surface area contributed by atoms with E-state index in [-0.39, 0.29) is 12.8 Å². The maximum atomic E-state index is 14.0. The van der Waals surface area contributed by atoms with E-state index in [4.69, 9.17) is 37.5 Å². The molecule has 80 heavy (non-hydrogen) atoms. The Kier molecular flexibility index (Phi) is 37.4. The molecular weight excluding hydrogens is 1070 g/mol. The molecule has 2 saturated heterocycles. The summed E-state index contributed by atoms with van der Waals surface area (Å²) in [6.45, 7) is 1.00. The number of ether oxygens (including phenoxy) is 6. The van der Waals surface area contributed by atoms with Gasteiger partial charge in [0, 0.05) is 12.8 Å². The maximum Gasteiger partial charge on any atom is 0.472 e. The van der Waals surface area contributed by atoms with Crippen molar-refractivity contribution in [1.82, 2.24) is 0 Å². The number of unbranched alkanes of at least 4 members (excludes halogenated alkanes) is 24. The molecule has 2 heterocycles. The topological polar surface area (TPSA) is 368 Å². The first-order valence-electron chi connectivity index (χ1n) is 30.0. The van der Waals surface area contributed by atoms with Gasteiger partial charge in [0.15, 0.2) is 18.7 Å². The van der Waals surface area contributed by atoms with Crippen LogP contribution in [0.25, 0.3) is 0 Å². The lowest BCUT2D eigenvalue weighted by molar-refractivity contribution is -0.360. The van der Waals surface area contributed by atoms with Crippen molar-refractivity contribution in [1.29, 1.82) is 0 Å². The van der Waals surface area contributed by atoms with Crippen LogP contribution in [-0.2, 0) is 51.6 Å². The Morgan fingerprint density at radius 1 is 0.463 bits per heavy atom. The maximum absolute atomic E-state index is 14.0. The summed E-state index contributed by atoms with van der Waals surface area (Å²) in [5.41, 5.74) is 0. The summed E-state index contributed by atoms with van der Waals surface area (Å²) in [6.07, 6.45) is -0.921. The summed E-state index contributed by atoms with van der Waals surface area (Å²) >= 11 is 0. The van der Waals surface area contributed by atoms with Gasteiger partial charge in [-0.25, -0.2) is 4.57 Å². The average Bonchev–Trinajstić information content (AvgIpc) is 3.46. The lowest BCUT2D eigenvalue weighted by Crippen LogP contribution is -2.69. The Morgan fingerprint density at radius 3 is 1.24 bits per heavy atom. The number of carbonyl (C=O) groups excluding carboxylic acids is 2. The number of hydrogen-bond acceptors (Lipinski definition) is 22. The highest BCUT2D eigenvalue weighted by Crippen LogP contribution is 2.49. The highest BCUT2D eigenvalue weighted by molar-refractivity contribution is 7.47. The largest absolute Gasteiger partial charge is 0.472 e. The normalized spacial score (nSPS) is 31.3. The molecule has 0 radical (unpaired) electrons. The molecule has 0 amide bonds. The van der Waals surface area contributed by atoms with E-state index in [9.17, 15) is 75.2 Å². The van der Waals surface area contributed by atoms with Crippen molar-refractivity contribution in [2.75, 3.05) is 26.4 Å². The zero-order chi connectivity index (χ0) is 58.9. The Labute approximate surface area is 473 Å². The van der Waals surface area contributed by atoms with E-state index in [0.717, 1.165) is 51.4 Å². The second-order valence-corrected chi connectivity index (χ2v) is 23.3. The lowest BCUT2D eigenvalue weighted by Gasteiger charge is -2.49. The molecule has 16 unspecified atom stereocenters. The number of aliphatic hydroxyl groups is 11. The van der Waals surface area contributed by atoms with Gasteiger partial charge in [0.1, 0.15) is 92.1 Å². The lowest BCUT2D eigenvalue weighted by atomic mass is 9.84. The molecule has 3 aliphatic rings. The second-order valence-electron chi connectivity index (χ2n) is 21.9. The van der Waals surface area contributed by atoms with Crippen LogP contribution in [0.2, 0.25) is 0 Å². The smallest absolute Gasteiger partial charge is 0.462 e. The van der Waals surface area contributed by atoms with Gasteiger partial charge in [-0.05, 0) is 38.5 Å². The number of allylic oxidation sites excluding steroid dienone is 2. The van der Waals surface area contributed by atoms with Gasteiger partial charge in [0.25, 0.3) is 0 Å². The van der Waals surface area contributed by atoms with Gasteiger partial charge in [0.05, 0.1) is 19.8 Å². The van der Waals surface area contributed by atoms with Crippen LogP contribution in [0.5, 0.6) is 0 Å². The number of esters is 2. The third-order valence-corrected chi connectivity index (χ3v) is 16.1. The Balaban J connectivity index is 1.70. The summed E-state index contributed by atoms with van der Waals surface area (Å²) in [4.78, 5) is 37.5.